The molecule has 1 N–H and O–H groups in total. The van der Waals surface area contributed by atoms with E-state index in [-0.39, 0.29) is 10.2 Å². The maximum absolute atomic E-state index is 12.6. The van der Waals surface area contributed by atoms with Crippen LogP contribution in [0.15, 0.2) is 53.4 Å². The lowest BCUT2D eigenvalue weighted by Gasteiger charge is -2.15. The minimum absolute atomic E-state index is 0.278. The van der Waals surface area contributed by atoms with Gasteiger partial charge in [0.05, 0.1) is 4.91 Å². The van der Waals surface area contributed by atoms with Gasteiger partial charge >= 0.3 is 0 Å². The SMILES string of the molecule is CC(C)c1ccc(/C=C2/SC(=S)N(NC(=O)c3cccc(Cl)c3)C2=O)cc1. The van der Waals surface area contributed by atoms with Crippen LogP contribution in [0.4, 0.5) is 0 Å². The second-order valence-electron chi connectivity index (χ2n) is 6.29. The number of benzene rings is 2. The molecule has 0 aliphatic carbocycles. The third-order valence-corrected chi connectivity index (χ3v) is 5.53. The molecule has 138 valence electrons. The Morgan fingerprint density at radius 1 is 1.22 bits per heavy atom. The van der Waals surface area contributed by atoms with Crippen molar-refractivity contribution >= 4 is 57.8 Å². The van der Waals surface area contributed by atoms with Gasteiger partial charge in [-0.2, -0.15) is 5.01 Å². The Balaban J connectivity index is 1.75. The molecular formula is C20H17ClN2O2S2. The maximum Gasteiger partial charge on any atom is 0.285 e. The number of nitrogens with zero attached hydrogens (tertiary/aromatic N) is 1. The monoisotopic (exact) mass is 416 g/mol. The molecule has 0 spiro atoms. The van der Waals surface area contributed by atoms with Crippen molar-refractivity contribution in [1.82, 2.24) is 10.4 Å². The van der Waals surface area contributed by atoms with Gasteiger partial charge in [0.2, 0.25) is 0 Å². The van der Waals surface area contributed by atoms with Crippen LogP contribution in [0.3, 0.4) is 0 Å². The summed E-state index contributed by atoms with van der Waals surface area (Å²) in [4.78, 5) is 25.5. The van der Waals surface area contributed by atoms with E-state index in [0.29, 0.717) is 21.4 Å². The van der Waals surface area contributed by atoms with Crippen molar-refractivity contribution in [1.29, 1.82) is 0 Å². The first kappa shape index (κ1) is 19.6. The number of carbonyl (C=O) groups is 2. The van der Waals surface area contributed by atoms with Gasteiger partial charge in [-0.05, 0) is 53.5 Å². The van der Waals surface area contributed by atoms with E-state index in [4.69, 9.17) is 23.8 Å². The molecule has 1 heterocycles. The van der Waals surface area contributed by atoms with Gasteiger partial charge in [-0.25, -0.2) is 0 Å². The molecule has 1 aliphatic rings. The fourth-order valence-electron chi connectivity index (χ4n) is 2.49. The summed E-state index contributed by atoms with van der Waals surface area (Å²) < 4.78 is 0.278. The quantitative estimate of drug-likeness (QED) is 0.562. The first-order valence-corrected chi connectivity index (χ1v) is 9.90. The highest BCUT2D eigenvalue weighted by Gasteiger charge is 2.33. The average molecular weight is 417 g/mol. The van der Waals surface area contributed by atoms with Gasteiger partial charge in [0.25, 0.3) is 11.8 Å². The molecule has 4 nitrogen and oxygen atoms in total. The number of thiocarbonyl (C=S) groups is 1. The Morgan fingerprint density at radius 3 is 2.56 bits per heavy atom. The van der Waals surface area contributed by atoms with Gasteiger partial charge in [0.1, 0.15) is 0 Å². The van der Waals surface area contributed by atoms with Gasteiger partial charge in [-0.1, -0.05) is 67.5 Å². The molecular weight excluding hydrogens is 400 g/mol. The molecule has 1 aliphatic heterocycles. The number of halogens is 1. The molecule has 0 bridgehead atoms. The summed E-state index contributed by atoms with van der Waals surface area (Å²) in [6.07, 6.45) is 1.77. The molecule has 0 atom stereocenters. The molecule has 1 saturated heterocycles. The first-order chi connectivity index (χ1) is 12.8. The summed E-state index contributed by atoms with van der Waals surface area (Å²) in [5, 5.41) is 1.54. The number of thioether (sulfide) groups is 1. The molecule has 2 aromatic carbocycles. The second-order valence-corrected chi connectivity index (χ2v) is 8.40. The molecule has 2 aromatic rings. The van der Waals surface area contributed by atoms with Crippen LogP contribution >= 0.6 is 35.6 Å². The number of amides is 2. The topological polar surface area (TPSA) is 49.4 Å². The van der Waals surface area contributed by atoms with Gasteiger partial charge in [0, 0.05) is 10.6 Å². The molecule has 0 saturated carbocycles. The lowest BCUT2D eigenvalue weighted by atomic mass is 10.0. The molecule has 0 aromatic heterocycles. The van der Waals surface area contributed by atoms with Gasteiger partial charge < -0.3 is 0 Å². The van der Waals surface area contributed by atoms with E-state index in [1.807, 2.05) is 24.3 Å². The van der Waals surface area contributed by atoms with Crippen LogP contribution in [0.1, 0.15) is 41.3 Å². The van der Waals surface area contributed by atoms with E-state index >= 15 is 0 Å². The van der Waals surface area contributed by atoms with Crippen LogP contribution in [0.25, 0.3) is 6.08 Å². The van der Waals surface area contributed by atoms with Crippen LogP contribution in [-0.4, -0.2) is 21.1 Å². The predicted molar refractivity (Wildman–Crippen MR) is 114 cm³/mol. The summed E-state index contributed by atoms with van der Waals surface area (Å²) in [7, 11) is 0. The summed E-state index contributed by atoms with van der Waals surface area (Å²) in [5.74, 6) is -0.358. The van der Waals surface area contributed by atoms with Crippen molar-refractivity contribution < 1.29 is 9.59 Å². The van der Waals surface area contributed by atoms with E-state index < -0.39 is 5.91 Å². The summed E-state index contributed by atoms with van der Waals surface area (Å²) >= 11 is 12.3. The van der Waals surface area contributed by atoms with Crippen molar-refractivity contribution in [3.8, 4) is 0 Å². The maximum atomic E-state index is 12.6. The average Bonchev–Trinajstić information content (AvgIpc) is 2.89. The Labute approximate surface area is 172 Å². The summed E-state index contributed by atoms with van der Waals surface area (Å²) in [6, 6.07) is 14.5. The van der Waals surface area contributed by atoms with E-state index in [2.05, 4.69) is 19.3 Å². The van der Waals surface area contributed by atoms with Crippen molar-refractivity contribution in [2.45, 2.75) is 19.8 Å². The molecule has 1 fully saturated rings. The van der Waals surface area contributed by atoms with E-state index in [9.17, 15) is 9.59 Å². The Kier molecular flexibility index (Phi) is 5.99. The molecule has 27 heavy (non-hydrogen) atoms. The third kappa shape index (κ3) is 4.58. The summed E-state index contributed by atoms with van der Waals surface area (Å²) in [6.45, 7) is 4.26. The fourth-order valence-corrected chi connectivity index (χ4v) is 3.86. The standard InChI is InChI=1S/C20H17ClN2O2S2/c1-12(2)14-8-6-13(7-9-14)10-17-19(25)23(20(26)27-17)22-18(24)15-4-3-5-16(21)11-15/h3-12H,1-2H3,(H,22,24)/b17-10+. The first-order valence-electron chi connectivity index (χ1n) is 8.29. The Hall–Kier alpha value is -2.15. The molecule has 3 rings (SSSR count). The normalized spacial score (nSPS) is 15.7. The Morgan fingerprint density at radius 2 is 1.93 bits per heavy atom. The van der Waals surface area contributed by atoms with Crippen molar-refractivity contribution in [3.63, 3.8) is 0 Å². The van der Waals surface area contributed by atoms with Crippen LogP contribution in [0.5, 0.6) is 0 Å². The lowest BCUT2D eigenvalue weighted by molar-refractivity contribution is -0.123. The third-order valence-electron chi connectivity index (χ3n) is 3.99. The molecule has 2 amide bonds. The number of nitrogens with one attached hydrogen (secondary N) is 1. The zero-order valence-corrected chi connectivity index (χ0v) is 17.1. The van der Waals surface area contributed by atoms with Crippen LogP contribution < -0.4 is 5.43 Å². The fraction of sp³-hybridized carbons (Fsp3) is 0.150. The highest BCUT2D eigenvalue weighted by Crippen LogP contribution is 2.31. The number of hydrogen-bond acceptors (Lipinski definition) is 4. The minimum Gasteiger partial charge on any atom is -0.267 e. The Bertz CT molecular complexity index is 939. The second kappa shape index (κ2) is 8.25. The van der Waals surface area contributed by atoms with E-state index in [1.165, 1.54) is 11.6 Å². The summed E-state index contributed by atoms with van der Waals surface area (Å²) in [5.41, 5.74) is 5.03. The largest absolute Gasteiger partial charge is 0.285 e. The van der Waals surface area contributed by atoms with Crippen molar-refractivity contribution in [2.24, 2.45) is 0 Å². The highest BCUT2D eigenvalue weighted by molar-refractivity contribution is 8.26. The zero-order chi connectivity index (χ0) is 19.6. The van der Waals surface area contributed by atoms with E-state index in [1.54, 1.807) is 24.3 Å². The lowest BCUT2D eigenvalue weighted by Crippen LogP contribution is -2.44. The predicted octanol–water partition coefficient (Wildman–Crippen LogP) is 5.01. The van der Waals surface area contributed by atoms with Gasteiger partial charge in [-0.15, -0.1) is 0 Å². The van der Waals surface area contributed by atoms with Crippen molar-refractivity contribution in [2.75, 3.05) is 0 Å². The number of carbonyl (C=O) groups excluding carboxylic acids is 2. The van der Waals surface area contributed by atoms with Crippen LogP contribution in [0.2, 0.25) is 5.02 Å². The number of hydrazine groups is 1. The van der Waals surface area contributed by atoms with Crippen LogP contribution in [-0.2, 0) is 4.79 Å². The minimum atomic E-state index is -0.448. The van der Waals surface area contributed by atoms with Crippen molar-refractivity contribution in [3.05, 3.63) is 75.1 Å². The number of rotatable bonds is 4. The smallest absolute Gasteiger partial charge is 0.267 e. The van der Waals surface area contributed by atoms with Gasteiger partial charge in [-0.3, -0.25) is 15.0 Å². The molecule has 0 radical (unpaired) electrons. The molecule has 7 heteroatoms. The zero-order valence-electron chi connectivity index (χ0n) is 14.7. The highest BCUT2D eigenvalue weighted by atomic mass is 35.5. The van der Waals surface area contributed by atoms with E-state index in [0.717, 1.165) is 22.3 Å². The number of hydrogen-bond donors (Lipinski definition) is 1. The molecule has 0 unspecified atom stereocenters. The van der Waals surface area contributed by atoms with Gasteiger partial charge in [0.15, 0.2) is 4.32 Å². The van der Waals surface area contributed by atoms with Crippen LogP contribution in [0, 0.1) is 0 Å².